The topological polar surface area (TPSA) is 30.7 Å². The lowest BCUT2D eigenvalue weighted by molar-refractivity contribution is 0.505. The predicted octanol–water partition coefficient (Wildman–Crippen LogP) is 3.29. The Kier molecular flexibility index (Phi) is 4.32. The molecule has 0 spiro atoms. The van der Waals surface area contributed by atoms with Crippen LogP contribution in [0.3, 0.4) is 0 Å². The van der Waals surface area contributed by atoms with Crippen LogP contribution in [0.25, 0.3) is 0 Å². The van der Waals surface area contributed by atoms with E-state index in [1.54, 1.807) is 28.9 Å². The molecule has 0 amide bonds. The Morgan fingerprint density at radius 1 is 0.917 bits per heavy atom. The molecule has 0 fully saturated rings. The lowest BCUT2D eigenvalue weighted by Crippen LogP contribution is -2.34. The fraction of sp³-hybridized carbons (Fsp3) is 0.222. The summed E-state index contributed by atoms with van der Waals surface area (Å²) >= 11 is 0. The molecule has 24 heavy (non-hydrogen) atoms. The van der Waals surface area contributed by atoms with Crippen LogP contribution in [-0.2, 0) is 11.6 Å². The van der Waals surface area contributed by atoms with Gasteiger partial charge in [0.15, 0.2) is 0 Å². The third kappa shape index (κ3) is 3.14. The second-order valence-electron chi connectivity index (χ2n) is 5.78. The first-order chi connectivity index (χ1) is 11.4. The molecule has 3 radical (unpaired) electrons. The number of aromatic nitrogens is 3. The van der Waals surface area contributed by atoms with Crippen molar-refractivity contribution in [1.82, 2.24) is 14.8 Å². The van der Waals surface area contributed by atoms with Gasteiger partial charge in [-0.1, -0.05) is 24.3 Å². The smallest absolute Gasteiger partial charge is 0.147 e. The van der Waals surface area contributed by atoms with Crippen LogP contribution in [-0.4, -0.2) is 25.0 Å². The molecule has 6 heteroatoms. The van der Waals surface area contributed by atoms with Crippen LogP contribution in [0.4, 0.5) is 8.78 Å². The van der Waals surface area contributed by atoms with Crippen molar-refractivity contribution < 1.29 is 8.78 Å². The molecule has 3 nitrogen and oxygen atoms in total. The van der Waals surface area contributed by atoms with E-state index in [2.05, 4.69) is 20.3 Å². The van der Waals surface area contributed by atoms with Crippen molar-refractivity contribution in [3.8, 4) is 0 Å². The fourth-order valence-electron chi connectivity index (χ4n) is 2.75. The van der Waals surface area contributed by atoms with Gasteiger partial charge in [-0.05, 0) is 49.2 Å². The standard InChI is InChI=1S/C18H16F2N3Si/c1-12-21-13(2)23(22-12)11-18(24,14-3-7-16(19)8-4-14)15-5-9-17(20)10-6-15/h3-10H,11H2,1-2H3. The maximum atomic E-state index is 13.3. The monoisotopic (exact) mass is 340 g/mol. The van der Waals surface area contributed by atoms with E-state index in [0.717, 1.165) is 17.0 Å². The first-order valence-corrected chi connectivity index (χ1v) is 8.03. The van der Waals surface area contributed by atoms with Crippen molar-refractivity contribution in [2.75, 3.05) is 0 Å². The van der Waals surface area contributed by atoms with Gasteiger partial charge in [0, 0.05) is 15.3 Å². The van der Waals surface area contributed by atoms with Crippen molar-refractivity contribution in [2.24, 2.45) is 0 Å². The summed E-state index contributed by atoms with van der Waals surface area (Å²) in [6.07, 6.45) is 0. The van der Waals surface area contributed by atoms with Crippen molar-refractivity contribution in [1.29, 1.82) is 0 Å². The highest BCUT2D eigenvalue weighted by atomic mass is 28.1. The van der Waals surface area contributed by atoms with E-state index in [1.165, 1.54) is 24.3 Å². The SMILES string of the molecule is Cc1nc(C)n(CC([Si])(c2ccc(F)cc2)c2ccc(F)cc2)n1. The normalized spacial score (nSPS) is 11.7. The number of nitrogens with zero attached hydrogens (tertiary/aromatic N) is 3. The van der Waals surface area contributed by atoms with Crippen molar-refractivity contribution >= 4 is 10.2 Å². The zero-order valence-electron chi connectivity index (χ0n) is 13.4. The van der Waals surface area contributed by atoms with Crippen molar-refractivity contribution in [3.05, 3.63) is 82.9 Å². The minimum Gasteiger partial charge on any atom is -0.249 e. The third-order valence-electron chi connectivity index (χ3n) is 4.02. The van der Waals surface area contributed by atoms with Crippen LogP contribution >= 0.6 is 0 Å². The van der Waals surface area contributed by atoms with Gasteiger partial charge in [0.25, 0.3) is 0 Å². The lowest BCUT2D eigenvalue weighted by atomic mass is 9.89. The zero-order chi connectivity index (χ0) is 17.3. The summed E-state index contributed by atoms with van der Waals surface area (Å²) in [7, 11) is 3.86. The molecule has 0 aliphatic heterocycles. The number of halogens is 2. The number of benzene rings is 2. The molecular weight excluding hydrogens is 324 g/mol. The first kappa shape index (κ1) is 16.5. The van der Waals surface area contributed by atoms with E-state index < -0.39 is 5.04 Å². The Labute approximate surface area is 142 Å². The maximum absolute atomic E-state index is 13.3. The fourth-order valence-corrected chi connectivity index (χ4v) is 3.24. The van der Waals surface area contributed by atoms with E-state index in [1.807, 2.05) is 13.8 Å². The molecule has 121 valence electrons. The van der Waals surface area contributed by atoms with Crippen LogP contribution in [0, 0.1) is 25.5 Å². The van der Waals surface area contributed by atoms with E-state index in [4.69, 9.17) is 0 Å². The second kappa shape index (κ2) is 6.28. The Morgan fingerprint density at radius 2 is 1.38 bits per heavy atom. The van der Waals surface area contributed by atoms with Crippen LogP contribution in [0.1, 0.15) is 22.8 Å². The first-order valence-electron chi connectivity index (χ1n) is 7.53. The average Bonchev–Trinajstić information content (AvgIpc) is 2.85. The number of hydrogen-bond acceptors (Lipinski definition) is 2. The molecule has 3 rings (SSSR count). The molecule has 0 N–H and O–H groups in total. The molecule has 0 atom stereocenters. The van der Waals surface area contributed by atoms with Gasteiger partial charge in [-0.15, -0.1) is 0 Å². The highest BCUT2D eigenvalue weighted by Crippen LogP contribution is 2.31. The third-order valence-corrected chi connectivity index (χ3v) is 4.76. The van der Waals surface area contributed by atoms with Gasteiger partial charge in [0.2, 0.25) is 0 Å². The molecule has 0 aliphatic rings. The second-order valence-corrected chi connectivity index (χ2v) is 6.64. The minimum absolute atomic E-state index is 0.306. The number of rotatable bonds is 4. The summed E-state index contributed by atoms with van der Waals surface area (Å²) in [4.78, 5) is 4.32. The van der Waals surface area contributed by atoms with Crippen molar-refractivity contribution in [3.63, 3.8) is 0 Å². The van der Waals surface area contributed by atoms with E-state index >= 15 is 0 Å². The summed E-state index contributed by atoms with van der Waals surface area (Å²) in [6.45, 7) is 4.14. The molecule has 2 aromatic carbocycles. The summed E-state index contributed by atoms with van der Waals surface area (Å²) in [5, 5.41) is 3.72. The summed E-state index contributed by atoms with van der Waals surface area (Å²) in [5.41, 5.74) is 1.69. The highest BCUT2D eigenvalue weighted by molar-refractivity contribution is 6.18. The molecule has 0 aliphatic carbocycles. The van der Waals surface area contributed by atoms with Gasteiger partial charge in [0.1, 0.15) is 23.3 Å². The van der Waals surface area contributed by atoms with Crippen LogP contribution in [0.5, 0.6) is 0 Å². The lowest BCUT2D eigenvalue weighted by Gasteiger charge is -2.31. The molecular formula is C18H16F2N3Si. The van der Waals surface area contributed by atoms with E-state index in [-0.39, 0.29) is 11.6 Å². The maximum Gasteiger partial charge on any atom is 0.147 e. The summed E-state index contributed by atoms with van der Waals surface area (Å²) in [5.74, 6) is 0.846. The van der Waals surface area contributed by atoms with Crippen LogP contribution in [0.2, 0.25) is 0 Å². The van der Waals surface area contributed by atoms with Crippen LogP contribution in [0.15, 0.2) is 48.5 Å². The molecule has 0 saturated heterocycles. The molecule has 3 aromatic rings. The van der Waals surface area contributed by atoms with Gasteiger partial charge < -0.3 is 0 Å². The zero-order valence-corrected chi connectivity index (χ0v) is 14.4. The van der Waals surface area contributed by atoms with Gasteiger partial charge in [-0.2, -0.15) is 5.10 Å². The number of hydrogen-bond donors (Lipinski definition) is 0. The highest BCUT2D eigenvalue weighted by Gasteiger charge is 2.31. The van der Waals surface area contributed by atoms with Gasteiger partial charge in [0.05, 0.1) is 6.54 Å². The Balaban J connectivity index is 2.10. The molecule has 1 aromatic heterocycles. The van der Waals surface area contributed by atoms with E-state index in [9.17, 15) is 8.78 Å². The van der Waals surface area contributed by atoms with Crippen molar-refractivity contribution in [2.45, 2.75) is 25.4 Å². The van der Waals surface area contributed by atoms with Crippen LogP contribution < -0.4 is 0 Å². The van der Waals surface area contributed by atoms with E-state index in [0.29, 0.717) is 12.4 Å². The summed E-state index contributed by atoms with van der Waals surface area (Å²) in [6, 6.07) is 12.5. The van der Waals surface area contributed by atoms with Gasteiger partial charge in [-0.25, -0.2) is 18.4 Å². The van der Waals surface area contributed by atoms with Gasteiger partial charge >= 0.3 is 0 Å². The quantitative estimate of drug-likeness (QED) is 0.683. The van der Waals surface area contributed by atoms with Gasteiger partial charge in [-0.3, -0.25) is 0 Å². The molecule has 0 bridgehead atoms. The Bertz CT molecular complexity index is 796. The molecule has 0 unspecified atom stereocenters. The largest absolute Gasteiger partial charge is 0.249 e. The average molecular weight is 340 g/mol. The number of aryl methyl sites for hydroxylation is 2. The predicted molar refractivity (Wildman–Crippen MR) is 88.8 cm³/mol. The summed E-state index contributed by atoms with van der Waals surface area (Å²) < 4.78 is 28.4. The Hall–Kier alpha value is -2.34. The minimum atomic E-state index is -0.688. The Morgan fingerprint density at radius 3 is 1.75 bits per heavy atom. The molecule has 1 heterocycles. The molecule has 0 saturated carbocycles.